The lowest BCUT2D eigenvalue weighted by molar-refractivity contribution is 0.0517. The quantitative estimate of drug-likeness (QED) is 0.235. The van der Waals surface area contributed by atoms with Crippen molar-refractivity contribution in [2.24, 2.45) is 0 Å². The summed E-state index contributed by atoms with van der Waals surface area (Å²) in [5.74, 6) is 0.221. The van der Waals surface area contributed by atoms with Gasteiger partial charge in [0.25, 0.3) is 5.56 Å². The molecule has 0 amide bonds. The van der Waals surface area contributed by atoms with E-state index in [1.807, 2.05) is 48.0 Å². The summed E-state index contributed by atoms with van der Waals surface area (Å²) >= 11 is 0. The summed E-state index contributed by atoms with van der Waals surface area (Å²) < 4.78 is 35.2. The molecule has 0 unspecified atom stereocenters. The molecule has 214 valence electrons. The number of pyridine rings is 2. The Hall–Kier alpha value is -4.99. The van der Waals surface area contributed by atoms with E-state index in [4.69, 9.17) is 19.2 Å². The highest BCUT2D eigenvalue weighted by Gasteiger charge is 2.33. The number of carbonyl (C=O) groups excluding carboxylic acids is 1. The van der Waals surface area contributed by atoms with Gasteiger partial charge in [0, 0.05) is 30.6 Å². The molecular weight excluding hydrogens is 539 g/mol. The van der Waals surface area contributed by atoms with Crippen molar-refractivity contribution in [1.82, 2.24) is 19.1 Å². The second kappa shape index (κ2) is 11.5. The Morgan fingerprint density at radius 1 is 1.10 bits per heavy atom. The third-order valence-electron chi connectivity index (χ3n) is 7.26. The van der Waals surface area contributed by atoms with Crippen LogP contribution in [0.1, 0.15) is 39.8 Å². The molecule has 0 fully saturated rings. The van der Waals surface area contributed by atoms with E-state index < -0.39 is 17.6 Å². The van der Waals surface area contributed by atoms with Crippen LogP contribution in [0.2, 0.25) is 0 Å². The van der Waals surface area contributed by atoms with Crippen molar-refractivity contribution in [3.8, 4) is 11.5 Å². The Morgan fingerprint density at radius 2 is 1.88 bits per heavy atom. The van der Waals surface area contributed by atoms with Gasteiger partial charge in [-0.05, 0) is 37.1 Å². The number of ether oxygens (including phenoxy) is 3. The SMILES string of the molecule is CCOC(=O)c1c(OCc2ccccc2)c2ncc(Cc3ccc(F)cc3)c3c2n(c1=O)C[C@@H](Cn1ccnc1C)O3. The first-order valence-corrected chi connectivity index (χ1v) is 13.7. The van der Waals surface area contributed by atoms with Crippen molar-refractivity contribution in [3.05, 3.63) is 117 Å². The van der Waals surface area contributed by atoms with Gasteiger partial charge in [0.2, 0.25) is 0 Å². The summed E-state index contributed by atoms with van der Waals surface area (Å²) in [6, 6.07) is 15.6. The number of hydrogen-bond acceptors (Lipinski definition) is 7. The molecule has 9 nitrogen and oxygen atoms in total. The highest BCUT2D eigenvalue weighted by molar-refractivity contribution is 6.00. The van der Waals surface area contributed by atoms with Crippen molar-refractivity contribution >= 4 is 17.0 Å². The normalized spacial score (nSPS) is 14.0. The smallest absolute Gasteiger partial charge is 0.347 e. The second-order valence-electron chi connectivity index (χ2n) is 10.1. The minimum Gasteiger partial charge on any atom is -0.485 e. The van der Waals surface area contributed by atoms with Crippen LogP contribution in [0.25, 0.3) is 11.0 Å². The van der Waals surface area contributed by atoms with Crippen molar-refractivity contribution in [2.45, 2.75) is 46.1 Å². The average Bonchev–Trinajstić information content (AvgIpc) is 3.40. The summed E-state index contributed by atoms with van der Waals surface area (Å²) in [4.78, 5) is 36.3. The highest BCUT2D eigenvalue weighted by atomic mass is 19.1. The van der Waals surface area contributed by atoms with Crippen LogP contribution in [0, 0.1) is 12.7 Å². The van der Waals surface area contributed by atoms with Gasteiger partial charge in [-0.2, -0.15) is 0 Å². The minimum absolute atomic E-state index is 0.0515. The number of imidazole rings is 1. The van der Waals surface area contributed by atoms with Gasteiger partial charge in [-0.15, -0.1) is 0 Å². The van der Waals surface area contributed by atoms with Gasteiger partial charge in [0.05, 0.1) is 19.7 Å². The van der Waals surface area contributed by atoms with E-state index in [9.17, 15) is 14.0 Å². The monoisotopic (exact) mass is 568 g/mol. The minimum atomic E-state index is -0.775. The number of rotatable bonds is 9. The van der Waals surface area contributed by atoms with Crippen LogP contribution in [0.5, 0.6) is 11.5 Å². The molecule has 0 radical (unpaired) electrons. The van der Waals surface area contributed by atoms with Crippen molar-refractivity contribution < 1.29 is 23.4 Å². The number of aryl methyl sites for hydroxylation is 1. The van der Waals surface area contributed by atoms with Crippen LogP contribution in [0.4, 0.5) is 4.39 Å². The lowest BCUT2D eigenvalue weighted by atomic mass is 10.0. The van der Waals surface area contributed by atoms with Crippen LogP contribution < -0.4 is 15.0 Å². The number of halogens is 1. The Balaban J connectivity index is 1.52. The number of carbonyl (C=O) groups is 1. The van der Waals surface area contributed by atoms with Crippen LogP contribution in [-0.4, -0.2) is 37.8 Å². The molecule has 1 aliphatic rings. The molecule has 4 heterocycles. The average molecular weight is 569 g/mol. The molecule has 2 aromatic carbocycles. The molecular formula is C32H29FN4O5. The van der Waals surface area contributed by atoms with E-state index in [1.165, 1.54) is 16.7 Å². The molecule has 42 heavy (non-hydrogen) atoms. The first kappa shape index (κ1) is 27.2. The topological polar surface area (TPSA) is 97.5 Å². The van der Waals surface area contributed by atoms with Crippen molar-refractivity contribution in [1.29, 1.82) is 0 Å². The van der Waals surface area contributed by atoms with Crippen LogP contribution in [0.3, 0.4) is 0 Å². The van der Waals surface area contributed by atoms with Gasteiger partial charge < -0.3 is 18.8 Å². The molecule has 0 N–H and O–H groups in total. The van der Waals surface area contributed by atoms with Gasteiger partial charge in [-0.1, -0.05) is 42.5 Å². The molecule has 0 saturated heterocycles. The molecule has 0 aliphatic carbocycles. The van der Waals surface area contributed by atoms with Crippen molar-refractivity contribution in [2.75, 3.05) is 6.61 Å². The fourth-order valence-corrected chi connectivity index (χ4v) is 5.22. The van der Waals surface area contributed by atoms with Crippen LogP contribution in [-0.2, 0) is 30.9 Å². The molecule has 3 aromatic heterocycles. The summed E-state index contributed by atoms with van der Waals surface area (Å²) in [6.45, 7) is 4.38. The summed E-state index contributed by atoms with van der Waals surface area (Å²) in [5.41, 5.74) is 2.44. The lowest BCUT2D eigenvalue weighted by Crippen LogP contribution is -2.39. The second-order valence-corrected chi connectivity index (χ2v) is 10.1. The fourth-order valence-electron chi connectivity index (χ4n) is 5.22. The zero-order chi connectivity index (χ0) is 29.2. The third-order valence-corrected chi connectivity index (χ3v) is 7.26. The van der Waals surface area contributed by atoms with Gasteiger partial charge >= 0.3 is 5.97 Å². The third kappa shape index (κ3) is 5.23. The molecule has 10 heteroatoms. The molecule has 0 saturated carbocycles. The predicted octanol–water partition coefficient (Wildman–Crippen LogP) is 4.85. The summed E-state index contributed by atoms with van der Waals surface area (Å²) in [5, 5.41) is 0. The first-order chi connectivity index (χ1) is 20.4. The Bertz CT molecular complexity index is 1820. The largest absolute Gasteiger partial charge is 0.485 e. The number of esters is 1. The highest BCUT2D eigenvalue weighted by Crippen LogP contribution is 2.39. The first-order valence-electron chi connectivity index (χ1n) is 13.7. The molecule has 0 bridgehead atoms. The lowest BCUT2D eigenvalue weighted by Gasteiger charge is -2.30. The number of nitrogens with zero attached hydrogens (tertiary/aromatic N) is 4. The molecule has 1 aliphatic heterocycles. The van der Waals surface area contributed by atoms with Gasteiger partial charge in [0.15, 0.2) is 17.1 Å². The Morgan fingerprint density at radius 3 is 2.60 bits per heavy atom. The Kier molecular flexibility index (Phi) is 7.43. The predicted molar refractivity (Wildman–Crippen MR) is 153 cm³/mol. The Labute approximate surface area is 241 Å². The molecule has 0 spiro atoms. The number of hydrogen-bond donors (Lipinski definition) is 0. The van der Waals surface area contributed by atoms with Gasteiger partial charge in [-0.3, -0.25) is 14.3 Å². The zero-order valence-corrected chi connectivity index (χ0v) is 23.2. The standard InChI is InChI=1S/C32H29FN4O5/c1-3-40-32(39)26-30(41-19-22-7-5-4-6-8-22)27-28-29(23(16-35-27)15-21-9-11-24(33)12-10-21)42-25(18-37(28)31(26)38)17-36-14-13-34-20(36)2/h4-14,16,25H,3,15,17-19H2,1-2H3/t25-/m1/s1. The van der Waals surface area contributed by atoms with Gasteiger partial charge in [-0.25, -0.2) is 14.2 Å². The van der Waals surface area contributed by atoms with Crippen molar-refractivity contribution in [3.63, 3.8) is 0 Å². The maximum absolute atomic E-state index is 14.1. The van der Waals surface area contributed by atoms with E-state index in [2.05, 4.69) is 4.98 Å². The van der Waals surface area contributed by atoms with Crippen LogP contribution >= 0.6 is 0 Å². The molecule has 6 rings (SSSR count). The van der Waals surface area contributed by atoms with Gasteiger partial charge in [0.1, 0.15) is 35.4 Å². The van der Waals surface area contributed by atoms with E-state index >= 15 is 0 Å². The summed E-state index contributed by atoms with van der Waals surface area (Å²) in [6.07, 6.45) is 5.15. The zero-order valence-electron chi connectivity index (χ0n) is 23.2. The van der Waals surface area contributed by atoms with E-state index in [0.29, 0.717) is 35.3 Å². The molecule has 1 atom stereocenters. The molecule has 5 aromatic rings. The van der Waals surface area contributed by atoms with E-state index in [1.54, 1.807) is 31.5 Å². The number of benzene rings is 2. The summed E-state index contributed by atoms with van der Waals surface area (Å²) in [7, 11) is 0. The van der Waals surface area contributed by atoms with Crippen LogP contribution in [0.15, 0.2) is 78.0 Å². The maximum Gasteiger partial charge on any atom is 0.347 e. The van der Waals surface area contributed by atoms with E-state index in [-0.39, 0.29) is 36.9 Å². The maximum atomic E-state index is 14.1. The fraction of sp³-hybridized carbons (Fsp3) is 0.250. The van der Waals surface area contributed by atoms with E-state index in [0.717, 1.165) is 17.0 Å². The number of aromatic nitrogens is 4.